The maximum Gasteiger partial charge on any atom is 0.241 e. The Morgan fingerprint density at radius 1 is 1.16 bits per heavy atom. The molecule has 2 aromatic rings. The maximum atomic E-state index is 11.9. The van der Waals surface area contributed by atoms with Gasteiger partial charge >= 0.3 is 0 Å². The zero-order valence-corrected chi connectivity index (χ0v) is 10.4. The zero-order chi connectivity index (χ0) is 13.7. The average Bonchev–Trinajstić information content (AvgIpc) is 2.40. The quantitative estimate of drug-likeness (QED) is 0.782. The number of benzene rings is 2. The van der Waals surface area contributed by atoms with Gasteiger partial charge in [-0.05, 0) is 24.1 Å². The number of amides is 1. The second-order valence-corrected chi connectivity index (χ2v) is 4.34. The Bertz CT molecular complexity index is 555. The van der Waals surface area contributed by atoms with Crippen LogP contribution in [0.4, 0.5) is 5.69 Å². The number of phenols is 1. The normalized spacial score (nSPS) is 11.8. The van der Waals surface area contributed by atoms with E-state index in [2.05, 4.69) is 5.32 Å². The minimum atomic E-state index is -0.621. The molecule has 0 fully saturated rings. The van der Waals surface area contributed by atoms with Crippen molar-refractivity contribution in [1.82, 2.24) is 0 Å². The zero-order valence-electron chi connectivity index (χ0n) is 10.4. The largest absolute Gasteiger partial charge is 0.508 e. The van der Waals surface area contributed by atoms with Crippen LogP contribution in [0.1, 0.15) is 5.56 Å². The van der Waals surface area contributed by atoms with Crippen molar-refractivity contribution < 1.29 is 9.90 Å². The van der Waals surface area contributed by atoms with Crippen LogP contribution < -0.4 is 11.1 Å². The predicted octanol–water partition coefficient (Wildman–Crippen LogP) is 1.90. The molecule has 4 nitrogen and oxygen atoms in total. The molecular weight excluding hydrogens is 240 g/mol. The first kappa shape index (κ1) is 13.1. The summed E-state index contributed by atoms with van der Waals surface area (Å²) in [6, 6.07) is 15.4. The molecule has 0 heterocycles. The van der Waals surface area contributed by atoms with E-state index in [1.807, 2.05) is 30.3 Å². The summed E-state index contributed by atoms with van der Waals surface area (Å²) < 4.78 is 0. The molecule has 0 bridgehead atoms. The lowest BCUT2D eigenvalue weighted by molar-refractivity contribution is -0.117. The van der Waals surface area contributed by atoms with E-state index in [1.165, 1.54) is 6.07 Å². The molecule has 0 radical (unpaired) electrons. The van der Waals surface area contributed by atoms with Crippen molar-refractivity contribution in [3.05, 3.63) is 60.2 Å². The van der Waals surface area contributed by atoms with Crippen molar-refractivity contribution in [2.24, 2.45) is 5.73 Å². The van der Waals surface area contributed by atoms with Crippen LogP contribution in [0.2, 0.25) is 0 Å². The van der Waals surface area contributed by atoms with Gasteiger partial charge in [0.25, 0.3) is 0 Å². The first-order valence-electron chi connectivity index (χ1n) is 6.04. The molecule has 98 valence electrons. The molecule has 0 aliphatic rings. The molecule has 0 aromatic heterocycles. The summed E-state index contributed by atoms with van der Waals surface area (Å²) in [7, 11) is 0. The number of carbonyl (C=O) groups is 1. The molecular formula is C15H16N2O2. The second kappa shape index (κ2) is 6.02. The Hall–Kier alpha value is -2.33. The van der Waals surface area contributed by atoms with Gasteiger partial charge in [0, 0.05) is 11.8 Å². The minimum Gasteiger partial charge on any atom is -0.508 e. The molecule has 4 N–H and O–H groups in total. The lowest BCUT2D eigenvalue weighted by Crippen LogP contribution is -2.37. The Morgan fingerprint density at radius 2 is 1.89 bits per heavy atom. The topological polar surface area (TPSA) is 75.4 Å². The van der Waals surface area contributed by atoms with E-state index in [4.69, 9.17) is 5.73 Å². The van der Waals surface area contributed by atoms with Gasteiger partial charge in [-0.3, -0.25) is 4.79 Å². The predicted molar refractivity (Wildman–Crippen MR) is 74.9 cm³/mol. The van der Waals surface area contributed by atoms with E-state index in [-0.39, 0.29) is 11.7 Å². The third-order valence-corrected chi connectivity index (χ3v) is 2.75. The number of aromatic hydroxyl groups is 1. The number of rotatable bonds is 4. The van der Waals surface area contributed by atoms with Gasteiger partial charge in [0.15, 0.2) is 0 Å². The highest BCUT2D eigenvalue weighted by molar-refractivity contribution is 5.95. The Kier molecular flexibility index (Phi) is 4.15. The lowest BCUT2D eigenvalue weighted by atomic mass is 10.1. The van der Waals surface area contributed by atoms with Gasteiger partial charge in [-0.1, -0.05) is 36.4 Å². The minimum absolute atomic E-state index is 0.106. The van der Waals surface area contributed by atoms with E-state index in [9.17, 15) is 9.90 Å². The number of hydrogen-bond acceptors (Lipinski definition) is 3. The van der Waals surface area contributed by atoms with Gasteiger partial charge in [-0.15, -0.1) is 0 Å². The van der Waals surface area contributed by atoms with E-state index >= 15 is 0 Å². The van der Waals surface area contributed by atoms with Crippen molar-refractivity contribution in [3.63, 3.8) is 0 Å². The monoisotopic (exact) mass is 256 g/mol. The van der Waals surface area contributed by atoms with Crippen LogP contribution in [0.15, 0.2) is 54.6 Å². The van der Waals surface area contributed by atoms with Gasteiger partial charge in [-0.25, -0.2) is 0 Å². The summed E-state index contributed by atoms with van der Waals surface area (Å²) in [5.41, 5.74) is 7.41. The molecule has 4 heteroatoms. The number of carbonyl (C=O) groups excluding carboxylic acids is 1. The molecule has 0 saturated carbocycles. The highest BCUT2D eigenvalue weighted by atomic mass is 16.3. The summed E-state index contributed by atoms with van der Waals surface area (Å²) in [4.78, 5) is 11.9. The van der Waals surface area contributed by atoms with E-state index in [0.717, 1.165) is 5.56 Å². The van der Waals surface area contributed by atoms with Crippen LogP contribution in [0, 0.1) is 0 Å². The molecule has 0 unspecified atom stereocenters. The van der Waals surface area contributed by atoms with Gasteiger partial charge in [0.05, 0.1) is 6.04 Å². The highest BCUT2D eigenvalue weighted by Crippen LogP contribution is 2.15. The van der Waals surface area contributed by atoms with Crippen LogP contribution in [0.25, 0.3) is 0 Å². The molecule has 0 aliphatic carbocycles. The number of phenolic OH excluding ortho intramolecular Hbond substituents is 1. The molecule has 1 amide bonds. The fourth-order valence-electron chi connectivity index (χ4n) is 1.78. The van der Waals surface area contributed by atoms with Crippen molar-refractivity contribution in [2.75, 3.05) is 5.32 Å². The Balaban J connectivity index is 1.96. The molecule has 0 saturated heterocycles. The van der Waals surface area contributed by atoms with E-state index in [0.29, 0.717) is 12.1 Å². The molecule has 2 aromatic carbocycles. The summed E-state index contributed by atoms with van der Waals surface area (Å²) in [5.74, 6) is -0.163. The number of anilines is 1. The summed E-state index contributed by atoms with van der Waals surface area (Å²) in [6.45, 7) is 0. The number of nitrogens with two attached hydrogens (primary N) is 1. The molecule has 2 rings (SSSR count). The van der Waals surface area contributed by atoms with Crippen LogP contribution in [-0.2, 0) is 11.2 Å². The fourth-order valence-corrected chi connectivity index (χ4v) is 1.78. The van der Waals surface area contributed by atoms with Gasteiger partial charge in [-0.2, -0.15) is 0 Å². The van der Waals surface area contributed by atoms with Gasteiger partial charge in [0.1, 0.15) is 5.75 Å². The van der Waals surface area contributed by atoms with Crippen molar-refractivity contribution in [2.45, 2.75) is 12.5 Å². The molecule has 19 heavy (non-hydrogen) atoms. The fraction of sp³-hybridized carbons (Fsp3) is 0.133. The Morgan fingerprint density at radius 3 is 2.58 bits per heavy atom. The second-order valence-electron chi connectivity index (χ2n) is 4.34. The molecule has 0 spiro atoms. The van der Waals surface area contributed by atoms with Crippen LogP contribution in [-0.4, -0.2) is 17.1 Å². The first-order chi connectivity index (χ1) is 9.15. The van der Waals surface area contributed by atoms with Crippen LogP contribution in [0.5, 0.6) is 5.75 Å². The summed E-state index contributed by atoms with van der Waals surface area (Å²) >= 11 is 0. The summed E-state index contributed by atoms with van der Waals surface area (Å²) in [5, 5.41) is 12.0. The first-order valence-corrected chi connectivity index (χ1v) is 6.04. The third kappa shape index (κ3) is 3.82. The standard InChI is InChI=1S/C15H16N2O2/c16-14(9-11-5-2-1-3-6-11)15(19)17-12-7-4-8-13(18)10-12/h1-8,10,14,18H,9,16H2,(H,17,19)/t14-/m1/s1. The van der Waals surface area contributed by atoms with Crippen molar-refractivity contribution >= 4 is 11.6 Å². The SMILES string of the molecule is N[C@H](Cc1ccccc1)C(=O)Nc1cccc(O)c1. The van der Waals surface area contributed by atoms with Crippen LogP contribution >= 0.6 is 0 Å². The highest BCUT2D eigenvalue weighted by Gasteiger charge is 2.14. The van der Waals surface area contributed by atoms with Gasteiger partial charge in [0.2, 0.25) is 5.91 Å². The smallest absolute Gasteiger partial charge is 0.241 e. The third-order valence-electron chi connectivity index (χ3n) is 2.75. The van der Waals surface area contributed by atoms with E-state index < -0.39 is 6.04 Å². The maximum absolute atomic E-state index is 11.9. The number of nitrogens with one attached hydrogen (secondary N) is 1. The number of hydrogen-bond donors (Lipinski definition) is 3. The average molecular weight is 256 g/mol. The van der Waals surface area contributed by atoms with Crippen LogP contribution in [0.3, 0.4) is 0 Å². The van der Waals surface area contributed by atoms with Crippen molar-refractivity contribution in [1.29, 1.82) is 0 Å². The summed E-state index contributed by atoms with van der Waals surface area (Å²) in [6.07, 6.45) is 0.478. The van der Waals surface area contributed by atoms with Crippen molar-refractivity contribution in [3.8, 4) is 5.75 Å². The molecule has 1 atom stereocenters. The van der Waals surface area contributed by atoms with Gasteiger partial charge < -0.3 is 16.2 Å². The van der Waals surface area contributed by atoms with E-state index in [1.54, 1.807) is 18.2 Å². The Labute approximate surface area is 111 Å². The molecule has 0 aliphatic heterocycles. The lowest BCUT2D eigenvalue weighted by Gasteiger charge is -2.12.